The van der Waals surface area contributed by atoms with Crippen LogP contribution >= 0.6 is 11.6 Å². The van der Waals surface area contributed by atoms with Crippen molar-refractivity contribution in [2.24, 2.45) is 0 Å². The summed E-state index contributed by atoms with van der Waals surface area (Å²) in [5.74, 6) is 0.902. The molecule has 1 aromatic heterocycles. The Kier molecular flexibility index (Phi) is 5.23. The first-order valence-electron chi connectivity index (χ1n) is 9.15. The standard InChI is InChI=1S/C23H19ClN2O3/c1-14-5-3-6-17(11-14)28-13-22(27)25-19-8-4-7-18(15(19)2)23-26-20-12-16(24)9-10-21(20)29-23/h3-12H,13H2,1-2H3,(H,25,27). The van der Waals surface area contributed by atoms with Gasteiger partial charge in [0.05, 0.1) is 0 Å². The van der Waals surface area contributed by atoms with Crippen LogP contribution in [-0.4, -0.2) is 17.5 Å². The number of nitrogens with one attached hydrogen (secondary N) is 1. The summed E-state index contributed by atoms with van der Waals surface area (Å²) in [6, 6.07) is 18.5. The minimum atomic E-state index is -0.240. The average molecular weight is 407 g/mol. The van der Waals surface area contributed by atoms with Gasteiger partial charge >= 0.3 is 0 Å². The maximum Gasteiger partial charge on any atom is 0.262 e. The molecule has 3 aromatic carbocycles. The van der Waals surface area contributed by atoms with Gasteiger partial charge in [-0.25, -0.2) is 4.98 Å². The molecule has 0 atom stereocenters. The quantitative estimate of drug-likeness (QED) is 0.456. The molecular weight excluding hydrogens is 388 g/mol. The summed E-state index contributed by atoms with van der Waals surface area (Å²) in [6.07, 6.45) is 0. The first kappa shape index (κ1) is 19.0. The normalized spacial score (nSPS) is 10.9. The summed E-state index contributed by atoms with van der Waals surface area (Å²) >= 11 is 6.03. The van der Waals surface area contributed by atoms with E-state index in [9.17, 15) is 4.79 Å². The SMILES string of the molecule is Cc1cccc(OCC(=O)Nc2cccc(-c3nc4cc(Cl)ccc4o3)c2C)c1. The number of carbonyl (C=O) groups is 1. The van der Waals surface area contributed by atoms with Crippen molar-refractivity contribution in [3.05, 3.63) is 76.8 Å². The number of fused-ring (bicyclic) bond motifs is 1. The molecule has 146 valence electrons. The summed E-state index contributed by atoms with van der Waals surface area (Å²) in [5, 5.41) is 3.49. The zero-order valence-corrected chi connectivity index (χ0v) is 16.8. The molecule has 0 aliphatic rings. The molecule has 6 heteroatoms. The molecule has 1 heterocycles. The van der Waals surface area contributed by atoms with Crippen molar-refractivity contribution in [2.75, 3.05) is 11.9 Å². The van der Waals surface area contributed by atoms with Gasteiger partial charge in [0.25, 0.3) is 5.91 Å². The number of hydrogen-bond acceptors (Lipinski definition) is 4. The van der Waals surface area contributed by atoms with Crippen LogP contribution in [0.1, 0.15) is 11.1 Å². The highest BCUT2D eigenvalue weighted by molar-refractivity contribution is 6.31. The first-order valence-corrected chi connectivity index (χ1v) is 9.53. The van der Waals surface area contributed by atoms with Gasteiger partial charge in [-0.15, -0.1) is 0 Å². The summed E-state index contributed by atoms with van der Waals surface area (Å²) in [7, 11) is 0. The summed E-state index contributed by atoms with van der Waals surface area (Å²) < 4.78 is 11.4. The molecule has 4 rings (SSSR count). The minimum Gasteiger partial charge on any atom is -0.484 e. The number of halogens is 1. The van der Waals surface area contributed by atoms with Crippen molar-refractivity contribution in [3.8, 4) is 17.2 Å². The molecule has 5 nitrogen and oxygen atoms in total. The zero-order valence-electron chi connectivity index (χ0n) is 16.0. The topological polar surface area (TPSA) is 64.4 Å². The third-order valence-corrected chi connectivity index (χ3v) is 4.78. The number of hydrogen-bond donors (Lipinski definition) is 1. The maximum absolute atomic E-state index is 12.4. The van der Waals surface area contributed by atoms with Crippen molar-refractivity contribution in [2.45, 2.75) is 13.8 Å². The number of aryl methyl sites for hydroxylation is 1. The molecule has 0 fully saturated rings. The van der Waals surface area contributed by atoms with Gasteiger partial charge in [0.15, 0.2) is 12.2 Å². The van der Waals surface area contributed by atoms with Crippen LogP contribution in [0.4, 0.5) is 5.69 Å². The molecule has 0 saturated carbocycles. The lowest BCUT2D eigenvalue weighted by Crippen LogP contribution is -2.20. The molecular formula is C23H19ClN2O3. The molecule has 0 spiro atoms. The molecule has 0 bridgehead atoms. The van der Waals surface area contributed by atoms with Crippen molar-refractivity contribution in [3.63, 3.8) is 0 Å². The summed E-state index contributed by atoms with van der Waals surface area (Å²) in [6.45, 7) is 3.81. The number of rotatable bonds is 5. The minimum absolute atomic E-state index is 0.0749. The van der Waals surface area contributed by atoms with Crippen LogP contribution < -0.4 is 10.1 Å². The number of carbonyl (C=O) groups excluding carboxylic acids is 1. The van der Waals surface area contributed by atoms with Gasteiger partial charge in [-0.05, 0) is 67.4 Å². The van der Waals surface area contributed by atoms with Gasteiger partial charge in [-0.1, -0.05) is 29.8 Å². The average Bonchev–Trinajstić information content (AvgIpc) is 3.11. The molecule has 0 saturated heterocycles. The van der Waals surface area contributed by atoms with E-state index >= 15 is 0 Å². The van der Waals surface area contributed by atoms with Crippen molar-refractivity contribution in [1.29, 1.82) is 0 Å². The van der Waals surface area contributed by atoms with Gasteiger partial charge in [-0.3, -0.25) is 4.79 Å². The Morgan fingerprint density at radius 3 is 2.76 bits per heavy atom. The Balaban J connectivity index is 1.52. The number of anilines is 1. The van der Waals surface area contributed by atoms with Crippen LogP contribution in [0.15, 0.2) is 65.1 Å². The van der Waals surface area contributed by atoms with E-state index < -0.39 is 0 Å². The molecule has 29 heavy (non-hydrogen) atoms. The van der Waals surface area contributed by atoms with Gasteiger partial charge in [0.2, 0.25) is 5.89 Å². The van der Waals surface area contributed by atoms with E-state index in [1.165, 1.54) is 0 Å². The molecule has 4 aromatic rings. The van der Waals surface area contributed by atoms with Gasteiger partial charge < -0.3 is 14.5 Å². The van der Waals surface area contributed by atoms with Gasteiger partial charge in [0, 0.05) is 16.3 Å². The maximum atomic E-state index is 12.4. The molecule has 1 N–H and O–H groups in total. The van der Waals surface area contributed by atoms with Crippen molar-refractivity contribution >= 4 is 34.3 Å². The molecule has 1 amide bonds. The fourth-order valence-corrected chi connectivity index (χ4v) is 3.23. The second-order valence-electron chi connectivity index (χ2n) is 6.76. The Bertz CT molecular complexity index is 1200. The third-order valence-electron chi connectivity index (χ3n) is 4.55. The molecule has 0 aliphatic carbocycles. The van der Waals surface area contributed by atoms with Crippen LogP contribution in [0.5, 0.6) is 5.75 Å². The highest BCUT2D eigenvalue weighted by Crippen LogP contribution is 2.31. The lowest BCUT2D eigenvalue weighted by Gasteiger charge is -2.12. The summed E-state index contributed by atoms with van der Waals surface area (Å²) in [5.41, 5.74) is 4.76. The number of nitrogens with zero attached hydrogens (tertiary/aromatic N) is 1. The molecule has 0 radical (unpaired) electrons. The second-order valence-corrected chi connectivity index (χ2v) is 7.20. The fraction of sp³-hybridized carbons (Fsp3) is 0.130. The number of amides is 1. The van der Waals surface area contributed by atoms with Crippen molar-refractivity contribution in [1.82, 2.24) is 4.98 Å². The van der Waals surface area contributed by atoms with Crippen LogP contribution in [0.3, 0.4) is 0 Å². The zero-order chi connectivity index (χ0) is 20.4. The Morgan fingerprint density at radius 1 is 1.10 bits per heavy atom. The van der Waals surface area contributed by atoms with E-state index in [1.807, 2.05) is 56.3 Å². The van der Waals surface area contributed by atoms with Crippen LogP contribution in [0.25, 0.3) is 22.6 Å². The van der Waals surface area contributed by atoms with Gasteiger partial charge in [-0.2, -0.15) is 0 Å². The number of oxazole rings is 1. The lowest BCUT2D eigenvalue weighted by molar-refractivity contribution is -0.118. The van der Waals surface area contributed by atoms with Crippen LogP contribution in [0, 0.1) is 13.8 Å². The third kappa shape index (κ3) is 4.25. The predicted molar refractivity (Wildman–Crippen MR) is 114 cm³/mol. The van der Waals surface area contributed by atoms with Crippen LogP contribution in [-0.2, 0) is 4.79 Å². The van der Waals surface area contributed by atoms with Gasteiger partial charge in [0.1, 0.15) is 11.3 Å². The highest BCUT2D eigenvalue weighted by Gasteiger charge is 2.14. The summed E-state index contributed by atoms with van der Waals surface area (Å²) in [4.78, 5) is 16.9. The number of benzene rings is 3. The number of ether oxygens (including phenoxy) is 1. The largest absolute Gasteiger partial charge is 0.484 e. The van der Waals surface area contributed by atoms with Crippen molar-refractivity contribution < 1.29 is 13.9 Å². The molecule has 0 unspecified atom stereocenters. The first-order chi connectivity index (χ1) is 14.0. The number of aromatic nitrogens is 1. The second kappa shape index (κ2) is 7.97. The Morgan fingerprint density at radius 2 is 1.93 bits per heavy atom. The van der Waals surface area contributed by atoms with E-state index in [-0.39, 0.29) is 12.5 Å². The van der Waals surface area contributed by atoms with E-state index in [0.717, 1.165) is 16.7 Å². The highest BCUT2D eigenvalue weighted by atomic mass is 35.5. The fourth-order valence-electron chi connectivity index (χ4n) is 3.06. The molecule has 0 aliphatic heterocycles. The van der Waals surface area contributed by atoms with E-state index in [4.69, 9.17) is 20.8 Å². The van der Waals surface area contributed by atoms with E-state index in [0.29, 0.717) is 33.4 Å². The predicted octanol–water partition coefficient (Wildman–Crippen LogP) is 5.78. The Hall–Kier alpha value is -3.31. The van der Waals surface area contributed by atoms with E-state index in [2.05, 4.69) is 10.3 Å². The Labute approximate surface area is 173 Å². The smallest absolute Gasteiger partial charge is 0.262 e. The van der Waals surface area contributed by atoms with Crippen LogP contribution in [0.2, 0.25) is 5.02 Å². The lowest BCUT2D eigenvalue weighted by atomic mass is 10.1. The van der Waals surface area contributed by atoms with E-state index in [1.54, 1.807) is 18.2 Å². The monoisotopic (exact) mass is 406 g/mol.